The molecule has 2 aromatic carbocycles. The first kappa shape index (κ1) is 21.9. The standard InChI is InChI=1S/C25H22Cl2N4O2/c26-22-20-21(23(27)30-29-22)31(24(28-20)17-6-2-1-3-7-17)14-15-10-12-16(13-11-15)18-8-4-5-9-19(18)25(32)33/h4-5,8-13,17H,1-3,6-7,14H2,(H,32,33). The molecule has 1 aliphatic carbocycles. The Labute approximate surface area is 201 Å². The molecular formula is C25H22Cl2N4O2. The Morgan fingerprint density at radius 2 is 1.67 bits per heavy atom. The number of carboxylic acid groups (broad SMARTS) is 1. The number of aromatic nitrogens is 4. The Hall–Kier alpha value is -2.96. The SMILES string of the molecule is O=C(O)c1ccccc1-c1ccc(Cn2c(C3CCCCC3)nc3c(Cl)nnc(Cl)c32)cc1. The monoisotopic (exact) mass is 480 g/mol. The number of aromatic carboxylic acids is 1. The number of hydrogen-bond donors (Lipinski definition) is 1. The quantitative estimate of drug-likeness (QED) is 0.348. The Kier molecular flexibility index (Phi) is 6.04. The fourth-order valence-corrected chi connectivity index (χ4v) is 5.13. The summed E-state index contributed by atoms with van der Waals surface area (Å²) >= 11 is 12.8. The third-order valence-electron chi connectivity index (χ3n) is 6.35. The molecule has 0 aliphatic heterocycles. The summed E-state index contributed by atoms with van der Waals surface area (Å²) in [5, 5.41) is 18.0. The van der Waals surface area contributed by atoms with Gasteiger partial charge in [0, 0.05) is 12.5 Å². The van der Waals surface area contributed by atoms with Crippen LogP contribution in [0.2, 0.25) is 10.3 Å². The zero-order valence-electron chi connectivity index (χ0n) is 17.8. The molecule has 2 aromatic heterocycles. The third-order valence-corrected chi connectivity index (χ3v) is 6.86. The van der Waals surface area contributed by atoms with Crippen LogP contribution < -0.4 is 0 Å². The summed E-state index contributed by atoms with van der Waals surface area (Å²) in [5.41, 5.74) is 4.17. The van der Waals surface area contributed by atoms with Gasteiger partial charge >= 0.3 is 5.97 Å². The number of carboxylic acids is 1. The summed E-state index contributed by atoms with van der Waals surface area (Å²) in [7, 11) is 0. The van der Waals surface area contributed by atoms with Crippen LogP contribution in [0.4, 0.5) is 0 Å². The van der Waals surface area contributed by atoms with Gasteiger partial charge in [0.15, 0.2) is 10.3 Å². The topological polar surface area (TPSA) is 80.9 Å². The molecule has 168 valence electrons. The summed E-state index contributed by atoms with van der Waals surface area (Å²) in [5.74, 6) is 0.382. The second-order valence-corrected chi connectivity index (χ2v) is 9.13. The lowest BCUT2D eigenvalue weighted by Gasteiger charge is -2.22. The zero-order chi connectivity index (χ0) is 22.9. The van der Waals surface area contributed by atoms with Gasteiger partial charge in [-0.3, -0.25) is 0 Å². The molecule has 1 aliphatic rings. The molecule has 0 amide bonds. The Bertz CT molecular complexity index is 1330. The minimum Gasteiger partial charge on any atom is -0.478 e. The summed E-state index contributed by atoms with van der Waals surface area (Å²) in [6, 6.07) is 14.9. The highest BCUT2D eigenvalue weighted by molar-refractivity contribution is 6.37. The number of fused-ring (bicyclic) bond motifs is 1. The maximum atomic E-state index is 11.6. The smallest absolute Gasteiger partial charge is 0.336 e. The first-order valence-electron chi connectivity index (χ1n) is 11.0. The number of hydrogen-bond acceptors (Lipinski definition) is 4. The summed E-state index contributed by atoms with van der Waals surface area (Å²) in [4.78, 5) is 16.5. The van der Waals surface area contributed by atoms with Crippen molar-refractivity contribution in [1.82, 2.24) is 19.7 Å². The molecule has 5 rings (SSSR count). The largest absolute Gasteiger partial charge is 0.478 e. The van der Waals surface area contributed by atoms with Crippen molar-refractivity contribution in [3.8, 4) is 11.1 Å². The van der Waals surface area contributed by atoms with Gasteiger partial charge in [0.25, 0.3) is 0 Å². The highest BCUT2D eigenvalue weighted by atomic mass is 35.5. The zero-order valence-corrected chi connectivity index (χ0v) is 19.4. The van der Waals surface area contributed by atoms with Gasteiger partial charge in [-0.15, -0.1) is 10.2 Å². The number of carbonyl (C=O) groups is 1. The van der Waals surface area contributed by atoms with Crippen molar-refractivity contribution >= 4 is 40.2 Å². The van der Waals surface area contributed by atoms with E-state index in [1.54, 1.807) is 12.1 Å². The van der Waals surface area contributed by atoms with Gasteiger partial charge in [0.05, 0.1) is 5.56 Å². The van der Waals surface area contributed by atoms with Crippen LogP contribution in [0, 0.1) is 0 Å². The van der Waals surface area contributed by atoms with Gasteiger partial charge < -0.3 is 9.67 Å². The molecule has 6 nitrogen and oxygen atoms in total. The molecule has 0 spiro atoms. The molecule has 4 aromatic rings. The second-order valence-electron chi connectivity index (χ2n) is 8.42. The number of imidazole rings is 1. The lowest BCUT2D eigenvalue weighted by Crippen LogP contribution is -2.13. The first-order chi connectivity index (χ1) is 16.0. The van der Waals surface area contributed by atoms with Gasteiger partial charge in [0.2, 0.25) is 0 Å². The molecule has 33 heavy (non-hydrogen) atoms. The van der Waals surface area contributed by atoms with Crippen LogP contribution in [0.5, 0.6) is 0 Å². The van der Waals surface area contributed by atoms with Crippen molar-refractivity contribution in [2.24, 2.45) is 0 Å². The molecule has 0 atom stereocenters. The minimum absolute atomic E-state index is 0.255. The number of rotatable bonds is 5. The molecule has 2 heterocycles. The van der Waals surface area contributed by atoms with Crippen LogP contribution in [0.25, 0.3) is 22.2 Å². The van der Waals surface area contributed by atoms with Crippen LogP contribution in [0.1, 0.15) is 59.8 Å². The fraction of sp³-hybridized carbons (Fsp3) is 0.280. The molecule has 0 unspecified atom stereocenters. The molecule has 1 N–H and O–H groups in total. The fourth-order valence-electron chi connectivity index (χ4n) is 4.73. The van der Waals surface area contributed by atoms with E-state index >= 15 is 0 Å². The molecular weight excluding hydrogens is 459 g/mol. The number of nitrogens with zero attached hydrogens (tertiary/aromatic N) is 4. The van der Waals surface area contributed by atoms with Gasteiger partial charge in [-0.1, -0.05) is 84.9 Å². The lowest BCUT2D eigenvalue weighted by atomic mass is 9.88. The van der Waals surface area contributed by atoms with Crippen molar-refractivity contribution in [3.63, 3.8) is 0 Å². The normalized spacial score (nSPS) is 14.6. The molecule has 0 radical (unpaired) electrons. The predicted molar refractivity (Wildman–Crippen MR) is 129 cm³/mol. The minimum atomic E-state index is -0.940. The average molecular weight is 481 g/mol. The Balaban J connectivity index is 1.54. The van der Waals surface area contributed by atoms with Crippen molar-refractivity contribution in [1.29, 1.82) is 0 Å². The number of benzene rings is 2. The van der Waals surface area contributed by atoms with E-state index in [1.165, 1.54) is 19.3 Å². The maximum absolute atomic E-state index is 11.6. The van der Waals surface area contributed by atoms with Crippen LogP contribution in [0.3, 0.4) is 0 Å². The van der Waals surface area contributed by atoms with Gasteiger partial charge in [-0.25, -0.2) is 9.78 Å². The van der Waals surface area contributed by atoms with E-state index in [1.807, 2.05) is 36.4 Å². The summed E-state index contributed by atoms with van der Waals surface area (Å²) in [6.07, 6.45) is 5.79. The first-order valence-corrected chi connectivity index (χ1v) is 11.8. The van der Waals surface area contributed by atoms with Crippen molar-refractivity contribution < 1.29 is 9.90 Å². The van der Waals surface area contributed by atoms with Gasteiger partial charge in [-0.2, -0.15) is 0 Å². The highest BCUT2D eigenvalue weighted by Crippen LogP contribution is 2.37. The van der Waals surface area contributed by atoms with E-state index in [-0.39, 0.29) is 15.9 Å². The van der Waals surface area contributed by atoms with Crippen molar-refractivity contribution in [3.05, 3.63) is 75.8 Å². The maximum Gasteiger partial charge on any atom is 0.336 e. The lowest BCUT2D eigenvalue weighted by molar-refractivity contribution is 0.0697. The second kappa shape index (κ2) is 9.12. The molecule has 8 heteroatoms. The van der Waals surface area contributed by atoms with Crippen molar-refractivity contribution in [2.75, 3.05) is 0 Å². The van der Waals surface area contributed by atoms with Crippen LogP contribution >= 0.6 is 23.2 Å². The summed E-state index contributed by atoms with van der Waals surface area (Å²) < 4.78 is 2.12. The molecule has 1 fully saturated rings. The van der Waals surface area contributed by atoms with Crippen molar-refractivity contribution in [2.45, 2.75) is 44.6 Å². The molecule has 0 saturated heterocycles. The van der Waals surface area contributed by atoms with Crippen LogP contribution in [-0.2, 0) is 6.54 Å². The van der Waals surface area contributed by atoms with Gasteiger partial charge in [0.1, 0.15) is 16.9 Å². The summed E-state index contributed by atoms with van der Waals surface area (Å²) in [6.45, 7) is 0.560. The highest BCUT2D eigenvalue weighted by Gasteiger charge is 2.25. The number of halogens is 2. The molecule has 1 saturated carbocycles. The van der Waals surface area contributed by atoms with Crippen LogP contribution in [-0.4, -0.2) is 30.8 Å². The Morgan fingerprint density at radius 1 is 0.970 bits per heavy atom. The average Bonchev–Trinajstić information content (AvgIpc) is 3.23. The van der Waals surface area contributed by atoms with E-state index in [2.05, 4.69) is 14.8 Å². The van der Waals surface area contributed by atoms with Crippen LogP contribution in [0.15, 0.2) is 48.5 Å². The Morgan fingerprint density at radius 3 is 2.39 bits per heavy atom. The third kappa shape index (κ3) is 4.21. The van der Waals surface area contributed by atoms with E-state index in [0.29, 0.717) is 29.1 Å². The molecule has 0 bridgehead atoms. The van der Waals surface area contributed by atoms with E-state index in [0.717, 1.165) is 29.8 Å². The van der Waals surface area contributed by atoms with Gasteiger partial charge in [-0.05, 0) is 35.6 Å². The predicted octanol–water partition coefficient (Wildman–Crippen LogP) is 6.59. The van der Waals surface area contributed by atoms with E-state index in [9.17, 15) is 9.90 Å². The van der Waals surface area contributed by atoms with E-state index in [4.69, 9.17) is 28.2 Å². The van der Waals surface area contributed by atoms with E-state index < -0.39 is 5.97 Å².